The van der Waals surface area contributed by atoms with E-state index in [1.54, 1.807) is 11.3 Å². The normalized spacial score (nSPS) is 11.8. The van der Waals surface area contributed by atoms with E-state index in [0.29, 0.717) is 11.8 Å². The molecular formula is C34H33N3S. The fourth-order valence-corrected chi connectivity index (χ4v) is 6.48. The molecule has 4 heteroatoms. The zero-order valence-corrected chi connectivity index (χ0v) is 23.3. The van der Waals surface area contributed by atoms with Gasteiger partial charge in [-0.3, -0.25) is 4.98 Å². The van der Waals surface area contributed by atoms with Crippen LogP contribution in [0.3, 0.4) is 0 Å². The molecule has 0 aliphatic carbocycles. The molecule has 0 radical (unpaired) electrons. The summed E-state index contributed by atoms with van der Waals surface area (Å²) in [6, 6.07) is 28.3. The predicted octanol–water partition coefficient (Wildman–Crippen LogP) is 9.20. The number of benzene rings is 3. The van der Waals surface area contributed by atoms with Crippen LogP contribution >= 0.6 is 11.3 Å². The van der Waals surface area contributed by atoms with Crippen molar-refractivity contribution in [1.29, 1.82) is 0 Å². The van der Waals surface area contributed by atoms with Crippen LogP contribution in [0.15, 0.2) is 90.4 Å². The van der Waals surface area contributed by atoms with E-state index in [9.17, 15) is 0 Å². The van der Waals surface area contributed by atoms with Crippen molar-refractivity contribution < 1.29 is 0 Å². The summed E-state index contributed by atoms with van der Waals surface area (Å²) in [5.41, 5.74) is 10.1. The van der Waals surface area contributed by atoms with Crippen LogP contribution in [-0.4, -0.2) is 14.5 Å². The maximum atomic E-state index is 5.22. The molecule has 0 spiro atoms. The molecule has 0 unspecified atom stereocenters. The number of para-hydroxylation sites is 2. The van der Waals surface area contributed by atoms with E-state index in [2.05, 4.69) is 115 Å². The van der Waals surface area contributed by atoms with E-state index in [1.165, 1.54) is 43.4 Å². The molecule has 0 aliphatic heterocycles. The van der Waals surface area contributed by atoms with Crippen LogP contribution in [0.2, 0.25) is 0 Å². The van der Waals surface area contributed by atoms with Crippen molar-refractivity contribution in [2.45, 2.75) is 52.5 Å². The Bertz CT molecular complexity index is 1700. The largest absolute Gasteiger partial charge is 0.319 e. The standard InChI is InChI=1S/C34H33N3S/c1-22(2)26-11-9-12-27(23(3)4)29(26)20-37-32-14-6-5-13-31(32)36-34(37)30-21-38-33-16-15-24(19-28(30)33)18-25-10-7-8-17-35-25/h5-17,19,21-23H,18,20H2,1-4H3. The summed E-state index contributed by atoms with van der Waals surface area (Å²) in [6.07, 6.45) is 2.69. The van der Waals surface area contributed by atoms with Crippen LogP contribution < -0.4 is 0 Å². The minimum absolute atomic E-state index is 0.457. The maximum Gasteiger partial charge on any atom is 0.142 e. The van der Waals surface area contributed by atoms with Gasteiger partial charge in [0.15, 0.2) is 0 Å². The van der Waals surface area contributed by atoms with Gasteiger partial charge >= 0.3 is 0 Å². The van der Waals surface area contributed by atoms with Crippen molar-refractivity contribution in [3.63, 3.8) is 0 Å². The second-order valence-electron chi connectivity index (χ2n) is 10.7. The van der Waals surface area contributed by atoms with Crippen molar-refractivity contribution in [3.8, 4) is 11.4 Å². The molecule has 3 aromatic heterocycles. The maximum absolute atomic E-state index is 5.22. The summed E-state index contributed by atoms with van der Waals surface area (Å²) >= 11 is 1.80. The van der Waals surface area contributed by atoms with Gasteiger partial charge in [-0.1, -0.05) is 70.2 Å². The number of nitrogens with zero attached hydrogens (tertiary/aromatic N) is 3. The number of pyridine rings is 1. The number of hydrogen-bond acceptors (Lipinski definition) is 3. The Hall–Kier alpha value is -3.76. The molecule has 0 fully saturated rings. The van der Waals surface area contributed by atoms with E-state index >= 15 is 0 Å². The van der Waals surface area contributed by atoms with Gasteiger partial charge in [-0.2, -0.15) is 0 Å². The molecule has 0 aliphatic rings. The monoisotopic (exact) mass is 515 g/mol. The van der Waals surface area contributed by atoms with Crippen molar-refractivity contribution in [2.24, 2.45) is 0 Å². The molecule has 0 bridgehead atoms. The fraction of sp³-hybridized carbons (Fsp3) is 0.235. The number of hydrogen-bond donors (Lipinski definition) is 0. The van der Waals surface area contributed by atoms with Gasteiger partial charge in [-0.25, -0.2) is 4.98 Å². The van der Waals surface area contributed by atoms with Crippen molar-refractivity contribution in [2.75, 3.05) is 0 Å². The highest BCUT2D eigenvalue weighted by molar-refractivity contribution is 7.17. The fourth-order valence-electron chi connectivity index (χ4n) is 5.56. The molecule has 0 amide bonds. The lowest BCUT2D eigenvalue weighted by molar-refractivity contribution is 0.750. The minimum atomic E-state index is 0.457. The number of fused-ring (bicyclic) bond motifs is 2. The average Bonchev–Trinajstić information content (AvgIpc) is 3.50. The van der Waals surface area contributed by atoms with Crippen molar-refractivity contribution >= 4 is 32.5 Å². The Kier molecular flexibility index (Phi) is 6.59. The van der Waals surface area contributed by atoms with Gasteiger partial charge in [0.2, 0.25) is 0 Å². The summed E-state index contributed by atoms with van der Waals surface area (Å²) in [4.78, 5) is 9.76. The molecule has 6 aromatic rings. The van der Waals surface area contributed by atoms with Gasteiger partial charge in [0.05, 0.1) is 17.6 Å². The molecule has 3 heterocycles. The Labute approximate surface area is 228 Å². The van der Waals surface area contributed by atoms with E-state index < -0.39 is 0 Å². The molecule has 0 N–H and O–H groups in total. The Morgan fingerprint density at radius 2 is 1.58 bits per heavy atom. The molecule has 38 heavy (non-hydrogen) atoms. The average molecular weight is 516 g/mol. The van der Waals surface area contributed by atoms with Gasteiger partial charge < -0.3 is 4.57 Å². The highest BCUT2D eigenvalue weighted by atomic mass is 32.1. The molecule has 0 saturated heterocycles. The second-order valence-corrected chi connectivity index (χ2v) is 11.6. The van der Waals surface area contributed by atoms with Crippen molar-refractivity contribution in [3.05, 3.63) is 118 Å². The van der Waals surface area contributed by atoms with Crippen LogP contribution in [0.1, 0.15) is 67.5 Å². The minimum Gasteiger partial charge on any atom is -0.319 e. The first-order chi connectivity index (χ1) is 18.5. The van der Waals surface area contributed by atoms with E-state index in [0.717, 1.165) is 30.0 Å². The third-order valence-corrected chi connectivity index (χ3v) is 8.42. The number of aromatic nitrogens is 3. The van der Waals surface area contributed by atoms with Crippen LogP contribution in [0.5, 0.6) is 0 Å². The van der Waals surface area contributed by atoms with Crippen LogP contribution in [0, 0.1) is 0 Å². The van der Waals surface area contributed by atoms with E-state index in [4.69, 9.17) is 4.98 Å². The molecule has 190 valence electrons. The first-order valence-electron chi connectivity index (χ1n) is 13.5. The zero-order chi connectivity index (χ0) is 26.2. The summed E-state index contributed by atoms with van der Waals surface area (Å²) in [7, 11) is 0. The summed E-state index contributed by atoms with van der Waals surface area (Å²) in [6.45, 7) is 10.00. The zero-order valence-electron chi connectivity index (χ0n) is 22.5. The topological polar surface area (TPSA) is 30.7 Å². The summed E-state index contributed by atoms with van der Waals surface area (Å²) < 4.78 is 3.73. The van der Waals surface area contributed by atoms with Crippen LogP contribution in [0.25, 0.3) is 32.5 Å². The number of thiophene rings is 1. The van der Waals surface area contributed by atoms with Crippen molar-refractivity contribution in [1.82, 2.24) is 14.5 Å². The van der Waals surface area contributed by atoms with Crippen LogP contribution in [-0.2, 0) is 13.0 Å². The van der Waals surface area contributed by atoms with E-state index in [-0.39, 0.29) is 0 Å². The first-order valence-corrected chi connectivity index (χ1v) is 14.3. The Morgan fingerprint density at radius 1 is 0.816 bits per heavy atom. The Morgan fingerprint density at radius 3 is 2.32 bits per heavy atom. The summed E-state index contributed by atoms with van der Waals surface area (Å²) in [5.74, 6) is 1.96. The SMILES string of the molecule is CC(C)c1cccc(C(C)C)c1Cn1c(-c2csc3ccc(Cc4ccccn4)cc23)nc2ccccc21. The van der Waals surface area contributed by atoms with E-state index in [1.807, 2.05) is 12.3 Å². The molecule has 6 rings (SSSR count). The summed E-state index contributed by atoms with van der Waals surface area (Å²) in [5, 5.41) is 3.55. The lowest BCUT2D eigenvalue weighted by Crippen LogP contribution is -2.10. The number of rotatable bonds is 7. The second kappa shape index (κ2) is 10.2. The van der Waals surface area contributed by atoms with Gasteiger partial charge in [0.1, 0.15) is 5.82 Å². The smallest absolute Gasteiger partial charge is 0.142 e. The molecule has 0 saturated carbocycles. The van der Waals surface area contributed by atoms with Gasteiger partial charge in [0.25, 0.3) is 0 Å². The third-order valence-electron chi connectivity index (χ3n) is 7.45. The molecule has 3 nitrogen and oxygen atoms in total. The molecule has 0 atom stereocenters. The Balaban J connectivity index is 1.52. The van der Waals surface area contributed by atoms with Gasteiger partial charge in [-0.05, 0) is 70.5 Å². The predicted molar refractivity (Wildman–Crippen MR) is 161 cm³/mol. The highest BCUT2D eigenvalue weighted by Crippen LogP contribution is 2.37. The molecular weight excluding hydrogens is 482 g/mol. The third kappa shape index (κ3) is 4.54. The number of imidazole rings is 1. The van der Waals surface area contributed by atoms with Crippen LogP contribution in [0.4, 0.5) is 0 Å². The molecule has 3 aromatic carbocycles. The van der Waals surface area contributed by atoms with Gasteiger partial charge in [-0.15, -0.1) is 11.3 Å². The lowest BCUT2D eigenvalue weighted by Gasteiger charge is -2.21. The first kappa shape index (κ1) is 24.6. The van der Waals surface area contributed by atoms with Gasteiger partial charge in [0, 0.05) is 39.3 Å². The highest BCUT2D eigenvalue weighted by Gasteiger charge is 2.20. The lowest BCUT2D eigenvalue weighted by atomic mass is 9.88. The quantitative estimate of drug-likeness (QED) is 0.212.